The molecule has 0 aliphatic rings. The molecule has 0 fully saturated rings. The molecular weight excluding hydrogens is 364 g/mol. The number of urea groups is 1. The quantitative estimate of drug-likeness (QED) is 0.539. The predicted molar refractivity (Wildman–Crippen MR) is 81.5 cm³/mol. The summed E-state index contributed by atoms with van der Waals surface area (Å²) in [6.45, 7) is 5.01. The minimum Gasteiger partial charge on any atom is -0.333 e. The SMILES string of the molecule is CC(C)(C)NC(=O)N[SH](=O)(Cl)c1cc(C(F)(F)F)ccc1Cl. The summed E-state index contributed by atoms with van der Waals surface area (Å²) in [4.78, 5) is 11.2. The lowest BCUT2D eigenvalue weighted by atomic mass is 10.1. The van der Waals surface area contributed by atoms with Crippen molar-refractivity contribution in [3.8, 4) is 0 Å². The standard InChI is InChI=1S/C12H15Cl2F3N2O2S/c1-11(2,3)18-10(20)19-22(14,21)9-6-7(12(15,16)17)4-5-8(9)13/h4-6,22H,1-3H3,(H2,18,19,20,21). The van der Waals surface area contributed by atoms with Crippen molar-refractivity contribution in [2.75, 3.05) is 0 Å². The second-order valence-corrected chi connectivity index (χ2v) is 9.12. The summed E-state index contributed by atoms with van der Waals surface area (Å²) in [7, 11) is 1.60. The molecule has 0 unspecified atom stereocenters. The number of thiol groups is 1. The molecule has 0 aliphatic heterocycles. The molecule has 0 atom stereocenters. The largest absolute Gasteiger partial charge is 0.416 e. The van der Waals surface area contributed by atoms with E-state index in [-0.39, 0.29) is 5.02 Å². The van der Waals surface area contributed by atoms with Crippen molar-refractivity contribution in [2.45, 2.75) is 37.4 Å². The van der Waals surface area contributed by atoms with Gasteiger partial charge in [-0.25, -0.2) is 9.00 Å². The number of amides is 2. The molecule has 1 aromatic rings. The van der Waals surface area contributed by atoms with Gasteiger partial charge in [0.05, 0.1) is 24.8 Å². The Labute approximate surface area is 136 Å². The molecule has 10 heteroatoms. The Kier molecular flexibility index (Phi) is 5.42. The normalized spacial score (nSPS) is 13.6. The van der Waals surface area contributed by atoms with E-state index in [0.29, 0.717) is 6.07 Å². The number of rotatable bonds is 2. The summed E-state index contributed by atoms with van der Waals surface area (Å²) >= 11 is 5.75. The van der Waals surface area contributed by atoms with E-state index in [2.05, 4.69) is 5.32 Å². The van der Waals surface area contributed by atoms with Crippen molar-refractivity contribution in [3.05, 3.63) is 28.8 Å². The van der Waals surface area contributed by atoms with E-state index < -0.39 is 37.5 Å². The zero-order valence-corrected chi connectivity index (χ0v) is 14.3. The van der Waals surface area contributed by atoms with Crippen LogP contribution in [0.15, 0.2) is 23.1 Å². The molecule has 126 valence electrons. The Hall–Kier alpha value is -0.990. The second-order valence-electron chi connectivity index (χ2n) is 5.51. The highest BCUT2D eigenvalue weighted by Gasteiger charge is 2.33. The van der Waals surface area contributed by atoms with Crippen LogP contribution in [-0.4, -0.2) is 15.8 Å². The molecule has 4 nitrogen and oxygen atoms in total. The fourth-order valence-electron chi connectivity index (χ4n) is 1.47. The molecule has 1 aromatic carbocycles. The van der Waals surface area contributed by atoms with Crippen LogP contribution < -0.4 is 10.0 Å². The summed E-state index contributed by atoms with van der Waals surface area (Å²) in [5.74, 6) is 0. The van der Waals surface area contributed by atoms with Crippen LogP contribution >= 0.6 is 22.3 Å². The van der Waals surface area contributed by atoms with Crippen LogP contribution in [-0.2, 0) is 15.5 Å². The summed E-state index contributed by atoms with van der Waals surface area (Å²) in [5.41, 5.74) is -1.70. The highest BCUT2D eigenvalue weighted by molar-refractivity contribution is 8.22. The van der Waals surface area contributed by atoms with Crippen LogP contribution in [0.2, 0.25) is 5.02 Å². The van der Waals surface area contributed by atoms with E-state index in [4.69, 9.17) is 22.3 Å². The third-order valence-corrected chi connectivity index (χ3v) is 5.06. The van der Waals surface area contributed by atoms with Crippen LogP contribution in [0.25, 0.3) is 0 Å². The zero-order valence-electron chi connectivity index (χ0n) is 11.9. The van der Waals surface area contributed by atoms with E-state index in [0.717, 1.165) is 12.1 Å². The number of hydrogen-bond donors (Lipinski definition) is 3. The van der Waals surface area contributed by atoms with E-state index >= 15 is 0 Å². The number of carbonyl (C=O) groups is 1. The monoisotopic (exact) mass is 378 g/mol. The van der Waals surface area contributed by atoms with Gasteiger partial charge in [-0.2, -0.15) is 13.2 Å². The van der Waals surface area contributed by atoms with Crippen molar-refractivity contribution >= 4 is 37.6 Å². The first-order chi connectivity index (χ1) is 9.72. The lowest BCUT2D eigenvalue weighted by molar-refractivity contribution is -0.137. The first-order valence-corrected chi connectivity index (χ1v) is 8.99. The predicted octanol–water partition coefficient (Wildman–Crippen LogP) is 3.90. The van der Waals surface area contributed by atoms with Gasteiger partial charge in [0, 0.05) is 5.54 Å². The Morgan fingerprint density at radius 1 is 1.23 bits per heavy atom. The van der Waals surface area contributed by atoms with Gasteiger partial charge in [-0.3, -0.25) is 4.72 Å². The Balaban J connectivity index is 3.12. The molecule has 2 amide bonds. The van der Waals surface area contributed by atoms with Gasteiger partial charge in [-0.15, -0.1) is 0 Å². The van der Waals surface area contributed by atoms with E-state index in [1.807, 2.05) is 4.72 Å². The molecule has 0 bridgehead atoms. The molecule has 22 heavy (non-hydrogen) atoms. The fourth-order valence-corrected chi connectivity index (χ4v) is 3.81. The minimum atomic E-state index is -4.65. The molecule has 0 aromatic heterocycles. The molecule has 0 saturated heterocycles. The number of alkyl halides is 3. The van der Waals surface area contributed by atoms with E-state index in [1.54, 1.807) is 20.8 Å². The third kappa shape index (κ3) is 5.33. The first kappa shape index (κ1) is 19.1. The molecule has 0 spiro atoms. The lowest BCUT2D eigenvalue weighted by Gasteiger charge is -2.25. The van der Waals surface area contributed by atoms with Crippen molar-refractivity contribution in [2.24, 2.45) is 0 Å². The van der Waals surface area contributed by atoms with Crippen LogP contribution in [0.5, 0.6) is 0 Å². The molecular formula is C12H15Cl2F3N2O2S. The van der Waals surface area contributed by atoms with Crippen LogP contribution in [0, 0.1) is 0 Å². The van der Waals surface area contributed by atoms with Crippen LogP contribution in [0.3, 0.4) is 0 Å². The first-order valence-electron chi connectivity index (χ1n) is 6.00. The Morgan fingerprint density at radius 2 is 1.77 bits per heavy atom. The Bertz CT molecular complexity index is 630. The number of hydrogen-bond acceptors (Lipinski definition) is 2. The van der Waals surface area contributed by atoms with Gasteiger partial charge in [0.25, 0.3) is 0 Å². The third-order valence-electron chi connectivity index (χ3n) is 2.32. The van der Waals surface area contributed by atoms with Gasteiger partial charge in [0.15, 0.2) is 0 Å². The highest BCUT2D eigenvalue weighted by Crippen LogP contribution is 2.36. The van der Waals surface area contributed by atoms with Crippen molar-refractivity contribution in [3.63, 3.8) is 0 Å². The topological polar surface area (TPSA) is 58.2 Å². The summed E-state index contributed by atoms with van der Waals surface area (Å²) < 4.78 is 52.4. The fraction of sp³-hybridized carbons (Fsp3) is 0.417. The van der Waals surface area contributed by atoms with Gasteiger partial charge >= 0.3 is 12.2 Å². The van der Waals surface area contributed by atoms with Crippen LogP contribution in [0.4, 0.5) is 18.0 Å². The number of carbonyl (C=O) groups excluding carboxylic acids is 1. The maximum atomic E-state index is 12.7. The molecule has 0 heterocycles. The van der Waals surface area contributed by atoms with Crippen molar-refractivity contribution in [1.82, 2.24) is 10.0 Å². The minimum absolute atomic E-state index is 0.234. The van der Waals surface area contributed by atoms with E-state index in [1.165, 1.54) is 0 Å². The van der Waals surface area contributed by atoms with Gasteiger partial charge < -0.3 is 5.32 Å². The molecule has 0 saturated carbocycles. The second kappa shape index (κ2) is 6.25. The zero-order chi connectivity index (χ0) is 17.3. The number of benzene rings is 1. The van der Waals surface area contributed by atoms with Gasteiger partial charge in [-0.05, 0) is 49.7 Å². The number of halogens is 5. The highest BCUT2D eigenvalue weighted by atomic mass is 35.7. The van der Waals surface area contributed by atoms with Crippen molar-refractivity contribution < 1.29 is 22.2 Å². The maximum Gasteiger partial charge on any atom is 0.416 e. The molecule has 0 aliphatic carbocycles. The smallest absolute Gasteiger partial charge is 0.333 e. The molecule has 2 N–H and O–H groups in total. The van der Waals surface area contributed by atoms with Gasteiger partial charge in [0.2, 0.25) is 0 Å². The summed E-state index contributed by atoms with van der Waals surface area (Å²) in [5, 5.41) is 2.20. The van der Waals surface area contributed by atoms with Crippen molar-refractivity contribution in [1.29, 1.82) is 0 Å². The average molecular weight is 379 g/mol. The maximum absolute atomic E-state index is 12.7. The van der Waals surface area contributed by atoms with Gasteiger partial charge in [0.1, 0.15) is 0 Å². The lowest BCUT2D eigenvalue weighted by Crippen LogP contribution is -2.48. The van der Waals surface area contributed by atoms with E-state index in [9.17, 15) is 22.2 Å². The Morgan fingerprint density at radius 3 is 2.23 bits per heavy atom. The van der Waals surface area contributed by atoms with Gasteiger partial charge in [-0.1, -0.05) is 11.6 Å². The average Bonchev–Trinajstić information content (AvgIpc) is 2.23. The number of nitrogens with one attached hydrogen (secondary N) is 2. The summed E-state index contributed by atoms with van der Waals surface area (Å²) in [6, 6.07) is 1.35. The van der Waals surface area contributed by atoms with Crippen LogP contribution in [0.1, 0.15) is 26.3 Å². The molecule has 0 radical (unpaired) electrons. The molecule has 1 rings (SSSR count). The summed E-state index contributed by atoms with van der Waals surface area (Å²) in [6.07, 6.45) is -4.65.